The Bertz CT molecular complexity index is 702. The molecule has 0 aliphatic heterocycles. The van der Waals surface area contributed by atoms with Gasteiger partial charge in [0.25, 0.3) is 5.91 Å². The van der Waals surface area contributed by atoms with Crippen molar-refractivity contribution in [1.82, 2.24) is 10.5 Å². The minimum atomic E-state index is -0.939. The summed E-state index contributed by atoms with van der Waals surface area (Å²) in [5.74, 6) is -1.57. The molecule has 1 aromatic heterocycles. The van der Waals surface area contributed by atoms with Crippen molar-refractivity contribution in [2.24, 2.45) is 5.92 Å². The van der Waals surface area contributed by atoms with E-state index in [0.29, 0.717) is 23.4 Å². The van der Waals surface area contributed by atoms with Crippen molar-refractivity contribution in [3.05, 3.63) is 52.4 Å². The maximum absolute atomic E-state index is 12.2. The Labute approximate surface area is 134 Å². The van der Waals surface area contributed by atoms with Crippen LogP contribution in [0, 0.1) is 26.7 Å². The van der Waals surface area contributed by atoms with E-state index >= 15 is 0 Å². The number of carboxylic acids is 1. The smallest absolute Gasteiger partial charge is 0.308 e. The average Bonchev–Trinajstić information content (AvgIpc) is 2.82. The first-order chi connectivity index (χ1) is 10.9. The quantitative estimate of drug-likeness (QED) is 0.853. The Hall–Kier alpha value is -2.63. The van der Waals surface area contributed by atoms with Crippen LogP contribution in [0.1, 0.15) is 32.9 Å². The molecule has 1 atom stereocenters. The average molecular weight is 316 g/mol. The number of carboxylic acid groups (broad SMARTS) is 1. The summed E-state index contributed by atoms with van der Waals surface area (Å²) in [6.07, 6.45) is 0.360. The number of nitrogens with zero attached hydrogens (tertiary/aromatic N) is 1. The molecule has 2 aromatic rings. The van der Waals surface area contributed by atoms with Gasteiger partial charge in [-0.3, -0.25) is 9.59 Å². The van der Waals surface area contributed by atoms with Crippen LogP contribution < -0.4 is 5.32 Å². The van der Waals surface area contributed by atoms with Gasteiger partial charge in [0.1, 0.15) is 11.3 Å². The second kappa shape index (κ2) is 7.09. The van der Waals surface area contributed by atoms with Crippen LogP contribution in [0.3, 0.4) is 0 Å². The second-order valence-corrected chi connectivity index (χ2v) is 5.64. The van der Waals surface area contributed by atoms with Crippen molar-refractivity contribution < 1.29 is 19.2 Å². The fourth-order valence-corrected chi connectivity index (χ4v) is 2.48. The van der Waals surface area contributed by atoms with Gasteiger partial charge in [0.2, 0.25) is 0 Å². The van der Waals surface area contributed by atoms with Crippen LogP contribution in [0.4, 0.5) is 0 Å². The first-order valence-corrected chi connectivity index (χ1v) is 7.38. The monoisotopic (exact) mass is 316 g/mol. The van der Waals surface area contributed by atoms with Crippen LogP contribution in [0.15, 0.2) is 28.8 Å². The maximum atomic E-state index is 12.2. The molecule has 0 bridgehead atoms. The van der Waals surface area contributed by atoms with Crippen molar-refractivity contribution in [2.75, 3.05) is 6.54 Å². The first-order valence-electron chi connectivity index (χ1n) is 7.38. The second-order valence-electron chi connectivity index (χ2n) is 5.64. The molecule has 0 fully saturated rings. The topological polar surface area (TPSA) is 92.4 Å². The largest absolute Gasteiger partial charge is 0.481 e. The maximum Gasteiger partial charge on any atom is 0.308 e. The molecule has 0 saturated heterocycles. The summed E-state index contributed by atoms with van der Waals surface area (Å²) in [6, 6.07) is 7.69. The number of aliphatic carboxylic acids is 1. The standard InChI is InChI=1S/C17H20N2O4/c1-10-5-4-6-13(7-10)8-14(17(21)22)9-18-16(20)15-11(2)19-23-12(15)3/h4-7,14H,8-9H2,1-3H3,(H,18,20)(H,21,22). The number of benzene rings is 1. The summed E-state index contributed by atoms with van der Waals surface area (Å²) in [5, 5.41) is 15.8. The van der Waals surface area contributed by atoms with E-state index in [2.05, 4.69) is 10.5 Å². The minimum Gasteiger partial charge on any atom is -0.481 e. The summed E-state index contributed by atoms with van der Waals surface area (Å²) >= 11 is 0. The molecule has 0 aliphatic carbocycles. The first kappa shape index (κ1) is 16.7. The van der Waals surface area contributed by atoms with Crippen LogP contribution in [0.25, 0.3) is 0 Å². The number of rotatable bonds is 6. The third kappa shape index (κ3) is 4.18. The summed E-state index contributed by atoms with van der Waals surface area (Å²) in [7, 11) is 0. The highest BCUT2D eigenvalue weighted by Gasteiger charge is 2.22. The number of nitrogens with one attached hydrogen (secondary N) is 1. The highest BCUT2D eigenvalue weighted by Crippen LogP contribution is 2.14. The third-order valence-electron chi connectivity index (χ3n) is 3.68. The molecule has 1 aromatic carbocycles. The molecule has 6 heteroatoms. The lowest BCUT2D eigenvalue weighted by Gasteiger charge is -2.14. The van der Waals surface area contributed by atoms with Gasteiger partial charge in [0, 0.05) is 6.54 Å². The number of hydrogen-bond donors (Lipinski definition) is 2. The molecular formula is C17H20N2O4. The molecule has 0 saturated carbocycles. The van der Waals surface area contributed by atoms with Crippen LogP contribution in [0.2, 0.25) is 0 Å². The Morgan fingerprint density at radius 3 is 2.61 bits per heavy atom. The summed E-state index contributed by atoms with van der Waals surface area (Å²) in [5.41, 5.74) is 2.87. The van der Waals surface area contributed by atoms with Crippen LogP contribution in [0.5, 0.6) is 0 Å². The number of amides is 1. The van der Waals surface area contributed by atoms with Gasteiger partial charge in [0.15, 0.2) is 0 Å². The highest BCUT2D eigenvalue weighted by molar-refractivity contribution is 5.96. The van der Waals surface area contributed by atoms with E-state index in [4.69, 9.17) is 4.52 Å². The molecule has 0 radical (unpaired) electrons. The van der Waals surface area contributed by atoms with Gasteiger partial charge in [-0.1, -0.05) is 35.0 Å². The zero-order valence-corrected chi connectivity index (χ0v) is 13.4. The van der Waals surface area contributed by atoms with E-state index in [1.165, 1.54) is 0 Å². The third-order valence-corrected chi connectivity index (χ3v) is 3.68. The lowest BCUT2D eigenvalue weighted by Crippen LogP contribution is -2.34. The van der Waals surface area contributed by atoms with Crippen molar-refractivity contribution >= 4 is 11.9 Å². The highest BCUT2D eigenvalue weighted by atomic mass is 16.5. The van der Waals surface area contributed by atoms with Crippen molar-refractivity contribution in [1.29, 1.82) is 0 Å². The molecule has 6 nitrogen and oxygen atoms in total. The van der Waals surface area contributed by atoms with Crippen LogP contribution >= 0.6 is 0 Å². The normalized spacial score (nSPS) is 12.0. The molecule has 1 unspecified atom stereocenters. The van der Waals surface area contributed by atoms with Gasteiger partial charge in [-0.25, -0.2) is 0 Å². The lowest BCUT2D eigenvalue weighted by molar-refractivity contribution is -0.141. The van der Waals surface area contributed by atoms with E-state index in [0.717, 1.165) is 11.1 Å². The van der Waals surface area contributed by atoms with Gasteiger partial charge in [-0.2, -0.15) is 0 Å². The number of aromatic nitrogens is 1. The van der Waals surface area contributed by atoms with Crippen molar-refractivity contribution in [2.45, 2.75) is 27.2 Å². The number of aryl methyl sites for hydroxylation is 3. The molecule has 122 valence electrons. The van der Waals surface area contributed by atoms with E-state index in [1.807, 2.05) is 31.2 Å². The number of hydrogen-bond acceptors (Lipinski definition) is 4. The molecular weight excluding hydrogens is 296 g/mol. The predicted molar refractivity (Wildman–Crippen MR) is 84.3 cm³/mol. The van der Waals surface area contributed by atoms with E-state index in [1.54, 1.807) is 13.8 Å². The zero-order chi connectivity index (χ0) is 17.0. The number of carbonyl (C=O) groups is 2. The van der Waals surface area contributed by atoms with Gasteiger partial charge in [-0.05, 0) is 32.8 Å². The van der Waals surface area contributed by atoms with Gasteiger partial charge in [0.05, 0.1) is 11.6 Å². The molecule has 0 aliphatic rings. The molecule has 1 amide bonds. The zero-order valence-electron chi connectivity index (χ0n) is 13.4. The van der Waals surface area contributed by atoms with Crippen LogP contribution in [-0.4, -0.2) is 28.7 Å². The van der Waals surface area contributed by atoms with Crippen LogP contribution in [-0.2, 0) is 11.2 Å². The summed E-state index contributed by atoms with van der Waals surface area (Å²) < 4.78 is 4.95. The Morgan fingerprint density at radius 1 is 1.30 bits per heavy atom. The molecule has 23 heavy (non-hydrogen) atoms. The van der Waals surface area contributed by atoms with E-state index in [9.17, 15) is 14.7 Å². The minimum absolute atomic E-state index is 0.0478. The van der Waals surface area contributed by atoms with E-state index < -0.39 is 11.9 Å². The number of carbonyl (C=O) groups excluding carboxylic acids is 1. The molecule has 1 heterocycles. The fourth-order valence-electron chi connectivity index (χ4n) is 2.48. The van der Waals surface area contributed by atoms with Gasteiger partial charge in [-0.15, -0.1) is 0 Å². The summed E-state index contributed by atoms with van der Waals surface area (Å²) in [6.45, 7) is 5.33. The Kier molecular flexibility index (Phi) is 5.16. The fraction of sp³-hybridized carbons (Fsp3) is 0.353. The molecule has 2 rings (SSSR count). The predicted octanol–water partition coefficient (Wildman–Crippen LogP) is 2.27. The van der Waals surface area contributed by atoms with E-state index in [-0.39, 0.29) is 12.5 Å². The molecule has 0 spiro atoms. The molecule has 2 N–H and O–H groups in total. The van der Waals surface area contributed by atoms with Crippen molar-refractivity contribution in [3.8, 4) is 0 Å². The van der Waals surface area contributed by atoms with Gasteiger partial charge < -0.3 is 14.9 Å². The summed E-state index contributed by atoms with van der Waals surface area (Å²) in [4.78, 5) is 23.6. The van der Waals surface area contributed by atoms with Gasteiger partial charge >= 0.3 is 5.97 Å². The SMILES string of the molecule is Cc1cccc(CC(CNC(=O)c2c(C)noc2C)C(=O)O)c1. The lowest BCUT2D eigenvalue weighted by atomic mass is 9.98. The Balaban J connectivity index is 2.03. The Morgan fingerprint density at radius 2 is 2.04 bits per heavy atom. The van der Waals surface area contributed by atoms with Crippen molar-refractivity contribution in [3.63, 3.8) is 0 Å².